The number of hydrogen-bond donors (Lipinski definition) is 1. The maximum absolute atomic E-state index is 12.6. The van der Waals surface area contributed by atoms with E-state index in [0.29, 0.717) is 18.4 Å². The molecule has 1 aromatic rings. The minimum Gasteiger partial charge on any atom is -0.468 e. The first-order chi connectivity index (χ1) is 17.2. The molecule has 1 aromatic carbocycles. The van der Waals surface area contributed by atoms with Crippen LogP contribution in [-0.2, 0) is 35.1 Å². The second-order valence-corrected chi connectivity index (χ2v) is 8.81. The first kappa shape index (κ1) is 31.1. The molecule has 9 heteroatoms. The summed E-state index contributed by atoms with van der Waals surface area (Å²) in [5, 5.41) is 3.02. The quantitative estimate of drug-likeness (QED) is 0.201. The summed E-state index contributed by atoms with van der Waals surface area (Å²) in [5.74, 6) is -1.99. The fourth-order valence-electron chi connectivity index (χ4n) is 3.48. The number of esters is 4. The van der Waals surface area contributed by atoms with E-state index in [9.17, 15) is 19.2 Å². The summed E-state index contributed by atoms with van der Waals surface area (Å²) in [5.41, 5.74) is 0.663. The second-order valence-electron chi connectivity index (χ2n) is 8.81. The minimum atomic E-state index is -0.726. The molecule has 0 fully saturated rings. The zero-order valence-corrected chi connectivity index (χ0v) is 22.4. The van der Waals surface area contributed by atoms with E-state index in [0.717, 1.165) is 12.8 Å². The van der Waals surface area contributed by atoms with Gasteiger partial charge >= 0.3 is 23.9 Å². The van der Waals surface area contributed by atoms with Crippen molar-refractivity contribution in [2.24, 2.45) is 11.8 Å². The lowest BCUT2D eigenvalue weighted by atomic mass is 10.0. The highest BCUT2D eigenvalue weighted by molar-refractivity contribution is 5.79. The molecule has 9 nitrogen and oxygen atoms in total. The third-order valence-electron chi connectivity index (χ3n) is 5.65. The molecule has 36 heavy (non-hydrogen) atoms. The van der Waals surface area contributed by atoms with Gasteiger partial charge < -0.3 is 24.3 Å². The lowest BCUT2D eigenvalue weighted by molar-refractivity contribution is -0.144. The van der Waals surface area contributed by atoms with E-state index < -0.39 is 23.9 Å². The van der Waals surface area contributed by atoms with E-state index in [2.05, 4.69) is 5.32 Å². The predicted molar refractivity (Wildman–Crippen MR) is 135 cm³/mol. The zero-order chi connectivity index (χ0) is 27.1. The molecule has 202 valence electrons. The Morgan fingerprint density at radius 3 is 1.97 bits per heavy atom. The van der Waals surface area contributed by atoms with Gasteiger partial charge in [-0.25, -0.2) is 0 Å². The van der Waals surface area contributed by atoms with Crippen molar-refractivity contribution in [1.29, 1.82) is 0 Å². The average Bonchev–Trinajstić information content (AvgIpc) is 2.86. The molecule has 1 N–H and O–H groups in total. The number of ether oxygens (including phenoxy) is 4. The molecule has 0 amide bonds. The van der Waals surface area contributed by atoms with Gasteiger partial charge in [0.2, 0.25) is 0 Å². The summed E-state index contributed by atoms with van der Waals surface area (Å²) in [7, 11) is 1.29. The Morgan fingerprint density at radius 2 is 1.44 bits per heavy atom. The number of nitrogens with one attached hydrogen (secondary N) is 1. The zero-order valence-electron chi connectivity index (χ0n) is 22.4. The van der Waals surface area contributed by atoms with Crippen LogP contribution >= 0.6 is 0 Å². The first-order valence-electron chi connectivity index (χ1n) is 12.7. The molecule has 0 saturated heterocycles. The molecule has 0 saturated carbocycles. The highest BCUT2D eigenvalue weighted by Crippen LogP contribution is 2.31. The predicted octanol–water partition coefficient (Wildman–Crippen LogP) is 4.00. The Bertz CT molecular complexity index is 869. The molecular formula is C27H41NO8. The van der Waals surface area contributed by atoms with E-state index in [-0.39, 0.29) is 55.3 Å². The normalized spacial score (nSPS) is 13.3. The molecule has 0 heterocycles. The van der Waals surface area contributed by atoms with E-state index in [1.165, 1.54) is 7.11 Å². The largest absolute Gasteiger partial charge is 0.468 e. The lowest BCUT2D eigenvalue weighted by Crippen LogP contribution is -2.41. The van der Waals surface area contributed by atoms with Crippen LogP contribution in [0.2, 0.25) is 0 Å². The molecule has 3 atom stereocenters. The van der Waals surface area contributed by atoms with Gasteiger partial charge in [-0.3, -0.25) is 19.2 Å². The van der Waals surface area contributed by atoms with Crippen molar-refractivity contribution in [3.63, 3.8) is 0 Å². The molecule has 0 aliphatic heterocycles. The summed E-state index contributed by atoms with van der Waals surface area (Å²) >= 11 is 0. The van der Waals surface area contributed by atoms with Crippen molar-refractivity contribution in [1.82, 2.24) is 5.32 Å². The summed E-state index contributed by atoms with van der Waals surface area (Å²) in [6.45, 7) is 9.62. The molecule has 0 aromatic heterocycles. The highest BCUT2D eigenvalue weighted by Gasteiger charge is 2.23. The van der Waals surface area contributed by atoms with E-state index in [1.807, 2.05) is 13.8 Å². The standard InChI is InChI=1S/C27H41NO8/c1-7-10-18(4)25(30)35-22-13-12-20(17-23(22)36-26(31)19(5)11-8-2)16-21(27(32)33-6)28-14-15-34-24(29)9-3/h12-13,17-19,21,28H,7-11,14-16H2,1-6H3/t18?,19?,21-/m0/s1. The van der Waals surface area contributed by atoms with Gasteiger partial charge in [-0.2, -0.15) is 0 Å². The smallest absolute Gasteiger partial charge is 0.323 e. The van der Waals surface area contributed by atoms with Gasteiger partial charge in [0, 0.05) is 13.0 Å². The van der Waals surface area contributed by atoms with Crippen molar-refractivity contribution in [2.45, 2.75) is 79.2 Å². The van der Waals surface area contributed by atoms with Crippen LogP contribution in [0.25, 0.3) is 0 Å². The molecule has 1 rings (SSSR count). The number of carbonyl (C=O) groups excluding carboxylic acids is 4. The molecule has 0 aliphatic carbocycles. The van der Waals surface area contributed by atoms with Crippen LogP contribution < -0.4 is 14.8 Å². The van der Waals surface area contributed by atoms with Gasteiger partial charge in [-0.05, 0) is 37.0 Å². The van der Waals surface area contributed by atoms with Crippen LogP contribution in [0.15, 0.2) is 18.2 Å². The summed E-state index contributed by atoms with van der Waals surface area (Å²) < 4.78 is 21.1. The third-order valence-corrected chi connectivity index (χ3v) is 5.65. The molecule has 0 spiro atoms. The van der Waals surface area contributed by atoms with Crippen LogP contribution in [0.5, 0.6) is 11.5 Å². The fraction of sp³-hybridized carbons (Fsp3) is 0.630. The first-order valence-corrected chi connectivity index (χ1v) is 12.7. The maximum atomic E-state index is 12.6. The van der Waals surface area contributed by atoms with Gasteiger partial charge in [0.15, 0.2) is 11.5 Å². The van der Waals surface area contributed by atoms with Crippen LogP contribution in [0.1, 0.15) is 72.3 Å². The van der Waals surface area contributed by atoms with Crippen LogP contribution in [-0.4, -0.2) is 50.2 Å². The monoisotopic (exact) mass is 507 g/mol. The molecule has 0 radical (unpaired) electrons. The van der Waals surface area contributed by atoms with Crippen molar-refractivity contribution in [2.75, 3.05) is 20.3 Å². The van der Waals surface area contributed by atoms with E-state index in [1.54, 1.807) is 39.0 Å². The minimum absolute atomic E-state index is 0.114. The van der Waals surface area contributed by atoms with E-state index >= 15 is 0 Å². The Balaban J connectivity index is 3.11. The topological polar surface area (TPSA) is 117 Å². The van der Waals surface area contributed by atoms with Crippen LogP contribution in [0.3, 0.4) is 0 Å². The maximum Gasteiger partial charge on any atom is 0.323 e. The summed E-state index contributed by atoms with van der Waals surface area (Å²) in [6.07, 6.45) is 3.49. The van der Waals surface area contributed by atoms with Crippen LogP contribution in [0, 0.1) is 11.8 Å². The van der Waals surface area contributed by atoms with Gasteiger partial charge in [-0.15, -0.1) is 0 Å². The number of benzene rings is 1. The number of carbonyl (C=O) groups is 4. The Kier molecular flexibility index (Phi) is 14.4. The molecule has 0 aliphatic rings. The SMILES string of the molecule is CCCC(C)C(=O)Oc1ccc(C[C@H](NCCOC(=O)CC)C(=O)OC)cc1OC(=O)C(C)CCC. The molecule has 2 unspecified atom stereocenters. The van der Waals surface area contributed by atoms with Crippen LogP contribution in [0.4, 0.5) is 0 Å². The fourth-order valence-corrected chi connectivity index (χ4v) is 3.48. The molecular weight excluding hydrogens is 466 g/mol. The Labute approximate surface area is 214 Å². The van der Waals surface area contributed by atoms with Crippen molar-refractivity contribution in [3.05, 3.63) is 23.8 Å². The Morgan fingerprint density at radius 1 is 0.861 bits per heavy atom. The van der Waals surface area contributed by atoms with Gasteiger partial charge in [-0.1, -0.05) is 53.5 Å². The van der Waals surface area contributed by atoms with Crippen molar-refractivity contribution in [3.8, 4) is 11.5 Å². The average molecular weight is 508 g/mol. The number of methoxy groups -OCH3 is 1. The highest BCUT2D eigenvalue weighted by atomic mass is 16.6. The van der Waals surface area contributed by atoms with Gasteiger partial charge in [0.1, 0.15) is 12.6 Å². The Hall–Kier alpha value is -2.94. The van der Waals surface area contributed by atoms with Crippen molar-refractivity contribution >= 4 is 23.9 Å². The van der Waals surface area contributed by atoms with Gasteiger partial charge in [0.25, 0.3) is 0 Å². The summed E-state index contributed by atoms with van der Waals surface area (Å²) in [4.78, 5) is 48.8. The summed E-state index contributed by atoms with van der Waals surface area (Å²) in [6, 6.07) is 4.14. The number of hydrogen-bond acceptors (Lipinski definition) is 9. The second kappa shape index (κ2) is 16.7. The van der Waals surface area contributed by atoms with Crippen molar-refractivity contribution < 1.29 is 38.1 Å². The van der Waals surface area contributed by atoms with E-state index in [4.69, 9.17) is 18.9 Å². The lowest BCUT2D eigenvalue weighted by Gasteiger charge is -2.19. The number of rotatable bonds is 16. The molecule has 0 bridgehead atoms. The third kappa shape index (κ3) is 10.8. The van der Waals surface area contributed by atoms with Gasteiger partial charge in [0.05, 0.1) is 18.9 Å².